The highest BCUT2D eigenvalue weighted by Gasteiger charge is 2.27. The van der Waals surface area contributed by atoms with E-state index < -0.39 is 0 Å². The summed E-state index contributed by atoms with van der Waals surface area (Å²) < 4.78 is 0. The number of anilines is 1. The van der Waals surface area contributed by atoms with Gasteiger partial charge in [0, 0.05) is 30.4 Å². The Morgan fingerprint density at radius 1 is 1.32 bits per heavy atom. The number of aromatic nitrogens is 2. The van der Waals surface area contributed by atoms with Crippen LogP contribution in [0.5, 0.6) is 0 Å². The molecule has 0 saturated carbocycles. The number of nitrogens with two attached hydrogens (primary N) is 1. The van der Waals surface area contributed by atoms with Crippen LogP contribution in [0.25, 0.3) is 10.2 Å². The van der Waals surface area contributed by atoms with Crippen molar-refractivity contribution >= 4 is 33.3 Å². The van der Waals surface area contributed by atoms with Gasteiger partial charge in [-0.1, -0.05) is 0 Å². The van der Waals surface area contributed by atoms with Crippen LogP contribution in [0, 0.1) is 19.8 Å². The number of thiophene rings is 1. The molecule has 0 aromatic carbocycles. The maximum Gasteiger partial charge on any atom is 0.223 e. The summed E-state index contributed by atoms with van der Waals surface area (Å²) in [6.07, 6.45) is 5.31. The Hall–Kier alpha value is -1.73. The number of unbranched alkanes of at least 4 members (excludes halogenated alkanes) is 1. The normalized spacial score (nSPS) is 15.7. The molecule has 7 heteroatoms. The van der Waals surface area contributed by atoms with Gasteiger partial charge in [0.1, 0.15) is 17.0 Å². The Labute approximate surface area is 152 Å². The molecule has 3 heterocycles. The maximum absolute atomic E-state index is 12.3. The van der Waals surface area contributed by atoms with E-state index in [1.165, 1.54) is 15.8 Å². The average molecular weight is 362 g/mol. The Morgan fingerprint density at radius 2 is 2.08 bits per heavy atom. The number of fused-ring (bicyclic) bond motifs is 1. The molecular formula is C18H27N5OS. The third-order valence-electron chi connectivity index (χ3n) is 5.04. The Balaban J connectivity index is 1.62. The second-order valence-electron chi connectivity index (χ2n) is 6.71. The summed E-state index contributed by atoms with van der Waals surface area (Å²) >= 11 is 1.72. The first kappa shape index (κ1) is 18.1. The lowest BCUT2D eigenvalue weighted by atomic mass is 9.95. The molecule has 0 spiro atoms. The van der Waals surface area contributed by atoms with Gasteiger partial charge in [0.25, 0.3) is 0 Å². The number of nitrogens with zero attached hydrogens (tertiary/aromatic N) is 3. The molecule has 0 radical (unpaired) electrons. The first-order valence-electron chi connectivity index (χ1n) is 9.05. The highest BCUT2D eigenvalue weighted by Crippen LogP contribution is 2.35. The van der Waals surface area contributed by atoms with Gasteiger partial charge in [0.05, 0.1) is 5.39 Å². The van der Waals surface area contributed by atoms with Crippen molar-refractivity contribution in [2.45, 2.75) is 39.5 Å². The number of amides is 1. The molecule has 6 nitrogen and oxygen atoms in total. The quantitative estimate of drug-likeness (QED) is 0.772. The molecule has 25 heavy (non-hydrogen) atoms. The smallest absolute Gasteiger partial charge is 0.223 e. The summed E-state index contributed by atoms with van der Waals surface area (Å²) in [6, 6.07) is 0. The van der Waals surface area contributed by atoms with Crippen molar-refractivity contribution in [2.24, 2.45) is 11.7 Å². The predicted molar refractivity (Wildman–Crippen MR) is 103 cm³/mol. The van der Waals surface area contributed by atoms with Gasteiger partial charge >= 0.3 is 0 Å². The zero-order valence-electron chi connectivity index (χ0n) is 15.0. The van der Waals surface area contributed by atoms with Crippen LogP contribution in [0.15, 0.2) is 6.33 Å². The van der Waals surface area contributed by atoms with Crippen LogP contribution in [0.4, 0.5) is 5.82 Å². The van der Waals surface area contributed by atoms with Crippen LogP contribution in [0.2, 0.25) is 0 Å². The molecule has 1 aliphatic heterocycles. The number of carbonyl (C=O) groups excluding carboxylic acids is 1. The van der Waals surface area contributed by atoms with Crippen LogP contribution in [-0.2, 0) is 4.79 Å². The standard InChI is InChI=1S/C18H27N5OS/c1-12-13(2)25-18-15(12)16(21-11-22-18)23-9-5-14(6-10-23)17(24)20-8-4-3-7-19/h11,14H,3-10,19H2,1-2H3,(H,20,24). The molecule has 0 atom stereocenters. The molecule has 2 aromatic heterocycles. The summed E-state index contributed by atoms with van der Waals surface area (Å²) in [4.78, 5) is 25.9. The van der Waals surface area contributed by atoms with Crippen molar-refractivity contribution < 1.29 is 4.79 Å². The molecular weight excluding hydrogens is 334 g/mol. The van der Waals surface area contributed by atoms with E-state index in [-0.39, 0.29) is 11.8 Å². The van der Waals surface area contributed by atoms with Gasteiger partial charge in [-0.05, 0) is 51.6 Å². The highest BCUT2D eigenvalue weighted by atomic mass is 32.1. The second kappa shape index (κ2) is 8.10. The molecule has 3 rings (SSSR count). The van der Waals surface area contributed by atoms with E-state index in [1.807, 2.05) is 0 Å². The fourth-order valence-electron chi connectivity index (χ4n) is 3.38. The first-order valence-corrected chi connectivity index (χ1v) is 9.87. The zero-order valence-corrected chi connectivity index (χ0v) is 15.9. The van der Waals surface area contributed by atoms with E-state index >= 15 is 0 Å². The summed E-state index contributed by atoms with van der Waals surface area (Å²) in [7, 11) is 0. The van der Waals surface area contributed by atoms with Gasteiger partial charge in [-0.3, -0.25) is 4.79 Å². The third-order valence-corrected chi connectivity index (χ3v) is 6.16. The van der Waals surface area contributed by atoms with Crippen LogP contribution in [0.3, 0.4) is 0 Å². The lowest BCUT2D eigenvalue weighted by Crippen LogP contribution is -2.41. The van der Waals surface area contributed by atoms with E-state index in [0.29, 0.717) is 6.54 Å². The van der Waals surface area contributed by atoms with Gasteiger partial charge in [-0.15, -0.1) is 11.3 Å². The van der Waals surface area contributed by atoms with Crippen molar-refractivity contribution in [1.29, 1.82) is 0 Å². The lowest BCUT2D eigenvalue weighted by molar-refractivity contribution is -0.125. The molecule has 3 N–H and O–H groups in total. The number of rotatable bonds is 6. The number of carbonyl (C=O) groups is 1. The summed E-state index contributed by atoms with van der Waals surface area (Å²) in [5, 5.41) is 4.22. The molecule has 1 fully saturated rings. The Bertz CT molecular complexity index is 736. The van der Waals surface area contributed by atoms with Crippen LogP contribution >= 0.6 is 11.3 Å². The molecule has 1 amide bonds. The Morgan fingerprint density at radius 3 is 2.80 bits per heavy atom. The fraction of sp³-hybridized carbons (Fsp3) is 0.611. The number of piperidine rings is 1. The topological polar surface area (TPSA) is 84.1 Å². The van der Waals surface area contributed by atoms with Crippen LogP contribution in [-0.4, -0.2) is 42.1 Å². The van der Waals surface area contributed by atoms with Gasteiger partial charge in [-0.2, -0.15) is 0 Å². The van der Waals surface area contributed by atoms with Gasteiger partial charge in [0.15, 0.2) is 0 Å². The second-order valence-corrected chi connectivity index (χ2v) is 7.91. The molecule has 2 aromatic rings. The lowest BCUT2D eigenvalue weighted by Gasteiger charge is -2.32. The van der Waals surface area contributed by atoms with Crippen molar-refractivity contribution in [2.75, 3.05) is 31.1 Å². The van der Waals surface area contributed by atoms with E-state index in [9.17, 15) is 4.79 Å². The number of aryl methyl sites for hydroxylation is 2. The molecule has 1 saturated heterocycles. The first-order chi connectivity index (χ1) is 12.1. The number of nitrogens with one attached hydrogen (secondary N) is 1. The summed E-state index contributed by atoms with van der Waals surface area (Å²) in [5.41, 5.74) is 6.76. The number of hydrogen-bond donors (Lipinski definition) is 2. The van der Waals surface area contributed by atoms with Crippen molar-refractivity contribution in [1.82, 2.24) is 15.3 Å². The SMILES string of the molecule is Cc1sc2ncnc(N3CCC(C(=O)NCCCCN)CC3)c2c1C. The zero-order chi connectivity index (χ0) is 17.8. The largest absolute Gasteiger partial charge is 0.356 e. The van der Waals surface area contributed by atoms with Crippen LogP contribution < -0.4 is 16.0 Å². The van der Waals surface area contributed by atoms with Crippen molar-refractivity contribution in [3.8, 4) is 0 Å². The highest BCUT2D eigenvalue weighted by molar-refractivity contribution is 7.18. The van der Waals surface area contributed by atoms with Crippen molar-refractivity contribution in [3.63, 3.8) is 0 Å². The van der Waals surface area contributed by atoms with E-state index in [1.54, 1.807) is 17.7 Å². The monoisotopic (exact) mass is 361 g/mol. The molecule has 1 aliphatic rings. The van der Waals surface area contributed by atoms with E-state index in [4.69, 9.17) is 5.73 Å². The molecule has 0 unspecified atom stereocenters. The summed E-state index contributed by atoms with van der Waals surface area (Å²) in [6.45, 7) is 7.41. The fourth-order valence-corrected chi connectivity index (χ4v) is 4.37. The number of hydrogen-bond acceptors (Lipinski definition) is 6. The minimum absolute atomic E-state index is 0.108. The Kier molecular flexibility index (Phi) is 5.86. The maximum atomic E-state index is 12.3. The average Bonchev–Trinajstić information content (AvgIpc) is 2.93. The molecule has 0 aliphatic carbocycles. The molecule has 136 valence electrons. The third kappa shape index (κ3) is 3.93. The molecule has 0 bridgehead atoms. The minimum atomic E-state index is 0.108. The van der Waals surface area contributed by atoms with Gasteiger partial charge < -0.3 is 16.0 Å². The minimum Gasteiger partial charge on any atom is -0.356 e. The van der Waals surface area contributed by atoms with Crippen LogP contribution in [0.1, 0.15) is 36.1 Å². The van der Waals surface area contributed by atoms with Crippen molar-refractivity contribution in [3.05, 3.63) is 16.8 Å². The van der Waals surface area contributed by atoms with Gasteiger partial charge in [-0.25, -0.2) is 9.97 Å². The summed E-state index contributed by atoms with van der Waals surface area (Å²) in [5.74, 6) is 1.32. The predicted octanol–water partition coefficient (Wildman–Crippen LogP) is 2.38. The van der Waals surface area contributed by atoms with E-state index in [0.717, 1.165) is 56.0 Å². The van der Waals surface area contributed by atoms with E-state index in [2.05, 4.69) is 34.0 Å². The van der Waals surface area contributed by atoms with Gasteiger partial charge in [0.2, 0.25) is 5.91 Å².